The summed E-state index contributed by atoms with van der Waals surface area (Å²) in [6.07, 6.45) is -0.191. The molecule has 2 aromatic rings. The molecule has 0 bridgehead atoms. The van der Waals surface area contributed by atoms with E-state index in [2.05, 4.69) is 5.32 Å². The molecule has 98 valence electrons. The summed E-state index contributed by atoms with van der Waals surface area (Å²) >= 11 is 0. The number of carbonyl (C=O) groups excluding carboxylic acids is 1. The topological polar surface area (TPSA) is 96.6 Å². The number of rotatable bonds is 4. The molecule has 6 heteroatoms. The molecular weight excluding hydrogens is 250 g/mol. The molecule has 0 aliphatic heterocycles. The van der Waals surface area contributed by atoms with Crippen LogP contribution in [0.3, 0.4) is 0 Å². The summed E-state index contributed by atoms with van der Waals surface area (Å²) in [5.41, 5.74) is 0.00335. The van der Waals surface area contributed by atoms with Crippen molar-refractivity contribution in [3.63, 3.8) is 0 Å². The first-order chi connectivity index (χ1) is 9.08. The molecule has 1 amide bonds. The molecule has 2 N–H and O–H groups in total. The van der Waals surface area contributed by atoms with Gasteiger partial charge in [-0.05, 0) is 12.1 Å². The Morgan fingerprint density at radius 1 is 1.26 bits per heavy atom. The first-order valence-corrected chi connectivity index (χ1v) is 5.61. The quantitative estimate of drug-likeness (QED) is 0.855. The van der Waals surface area contributed by atoms with E-state index in [1.54, 1.807) is 24.3 Å². The summed E-state index contributed by atoms with van der Waals surface area (Å²) in [5.74, 6) is -1.75. The minimum absolute atomic E-state index is 0.0231. The lowest BCUT2D eigenvalue weighted by atomic mass is 10.2. The van der Waals surface area contributed by atoms with Crippen LogP contribution in [0.5, 0.6) is 0 Å². The minimum Gasteiger partial charge on any atom is -0.481 e. The fourth-order valence-electron chi connectivity index (χ4n) is 1.59. The standard InChI is InChI=1S/C13H11NO5/c15-9-7-11(13(18)14-6-5-12(16)17)19-10-4-2-1-3-8(9)10/h1-4,7H,5-6H2,(H,14,18)(H,16,17). The number of carboxylic acid groups (broad SMARTS) is 1. The average molecular weight is 261 g/mol. The number of amides is 1. The van der Waals surface area contributed by atoms with Crippen LogP contribution >= 0.6 is 0 Å². The lowest BCUT2D eigenvalue weighted by molar-refractivity contribution is -0.136. The Balaban J connectivity index is 2.23. The molecule has 1 aromatic carbocycles. The summed E-state index contributed by atoms with van der Waals surface area (Å²) in [6, 6.07) is 7.68. The lowest BCUT2D eigenvalue weighted by Crippen LogP contribution is -2.26. The molecule has 0 fully saturated rings. The number of fused-ring (bicyclic) bond motifs is 1. The summed E-state index contributed by atoms with van der Waals surface area (Å²) < 4.78 is 5.30. The first-order valence-electron chi connectivity index (χ1n) is 5.61. The molecule has 1 aromatic heterocycles. The second-order valence-electron chi connectivity index (χ2n) is 3.87. The van der Waals surface area contributed by atoms with Gasteiger partial charge in [-0.3, -0.25) is 14.4 Å². The van der Waals surface area contributed by atoms with E-state index in [4.69, 9.17) is 9.52 Å². The molecule has 0 unspecified atom stereocenters. The molecule has 6 nitrogen and oxygen atoms in total. The second kappa shape index (κ2) is 5.34. The predicted molar refractivity (Wildman–Crippen MR) is 67.1 cm³/mol. The second-order valence-corrected chi connectivity index (χ2v) is 3.87. The van der Waals surface area contributed by atoms with Crippen molar-refractivity contribution in [2.75, 3.05) is 6.54 Å². The molecule has 2 rings (SSSR count). The third-order valence-corrected chi connectivity index (χ3v) is 2.48. The zero-order chi connectivity index (χ0) is 13.8. The number of para-hydroxylation sites is 1. The largest absolute Gasteiger partial charge is 0.481 e. The highest BCUT2D eigenvalue weighted by molar-refractivity contribution is 5.93. The van der Waals surface area contributed by atoms with E-state index < -0.39 is 11.9 Å². The number of hydrogen-bond acceptors (Lipinski definition) is 4. The molecule has 0 aliphatic rings. The third-order valence-electron chi connectivity index (χ3n) is 2.48. The molecule has 0 aliphatic carbocycles. The highest BCUT2D eigenvalue weighted by Crippen LogP contribution is 2.11. The van der Waals surface area contributed by atoms with Gasteiger partial charge in [-0.25, -0.2) is 0 Å². The molecule has 1 heterocycles. The minimum atomic E-state index is -1.01. The van der Waals surface area contributed by atoms with Gasteiger partial charge in [-0.15, -0.1) is 0 Å². The van der Waals surface area contributed by atoms with Crippen molar-refractivity contribution in [2.24, 2.45) is 0 Å². The zero-order valence-corrected chi connectivity index (χ0v) is 9.88. The Bertz CT molecular complexity index is 689. The maximum atomic E-state index is 11.8. The van der Waals surface area contributed by atoms with Gasteiger partial charge in [0.1, 0.15) is 5.58 Å². The van der Waals surface area contributed by atoms with Crippen LogP contribution in [0.1, 0.15) is 17.0 Å². The van der Waals surface area contributed by atoms with Gasteiger partial charge in [0.2, 0.25) is 0 Å². The fraction of sp³-hybridized carbons (Fsp3) is 0.154. The maximum absolute atomic E-state index is 11.8. The highest BCUT2D eigenvalue weighted by atomic mass is 16.4. The SMILES string of the molecule is O=C(O)CCNC(=O)c1cc(=O)c2ccccc2o1. The lowest BCUT2D eigenvalue weighted by Gasteiger charge is -2.03. The molecule has 0 atom stereocenters. The predicted octanol–water partition coefficient (Wildman–Crippen LogP) is 0.997. The summed E-state index contributed by atoms with van der Waals surface area (Å²) in [7, 11) is 0. The number of benzene rings is 1. The van der Waals surface area contributed by atoms with Gasteiger partial charge in [0.25, 0.3) is 5.91 Å². The van der Waals surface area contributed by atoms with Gasteiger partial charge < -0.3 is 14.8 Å². The summed E-state index contributed by atoms with van der Waals surface area (Å²) in [6.45, 7) is -0.0231. The Kier molecular flexibility index (Phi) is 3.61. The monoisotopic (exact) mass is 261 g/mol. The number of carbonyl (C=O) groups is 2. The normalized spacial score (nSPS) is 10.3. The van der Waals surface area contributed by atoms with Gasteiger partial charge >= 0.3 is 5.97 Å². The van der Waals surface area contributed by atoms with Gasteiger partial charge in [0.05, 0.1) is 11.8 Å². The molecule has 0 radical (unpaired) electrons. The van der Waals surface area contributed by atoms with Crippen LogP contribution in [-0.2, 0) is 4.79 Å². The van der Waals surface area contributed by atoms with Crippen LogP contribution in [0.4, 0.5) is 0 Å². The molecule has 19 heavy (non-hydrogen) atoms. The van der Waals surface area contributed by atoms with Crippen molar-refractivity contribution in [3.05, 3.63) is 46.3 Å². The average Bonchev–Trinajstić information content (AvgIpc) is 2.38. The summed E-state index contributed by atoms with van der Waals surface area (Å²) in [5, 5.41) is 11.2. The van der Waals surface area contributed by atoms with E-state index in [0.717, 1.165) is 6.07 Å². The van der Waals surface area contributed by atoms with E-state index in [0.29, 0.717) is 11.0 Å². The van der Waals surface area contributed by atoms with Crippen molar-refractivity contribution < 1.29 is 19.1 Å². The van der Waals surface area contributed by atoms with Gasteiger partial charge in [0, 0.05) is 12.6 Å². The van der Waals surface area contributed by atoms with Gasteiger partial charge in [-0.2, -0.15) is 0 Å². The van der Waals surface area contributed by atoms with Crippen molar-refractivity contribution in [3.8, 4) is 0 Å². The van der Waals surface area contributed by atoms with Gasteiger partial charge in [0.15, 0.2) is 11.2 Å². The van der Waals surface area contributed by atoms with Crippen LogP contribution < -0.4 is 10.7 Å². The Morgan fingerprint density at radius 2 is 2.00 bits per heavy atom. The third kappa shape index (κ3) is 2.98. The Hall–Kier alpha value is -2.63. The zero-order valence-electron chi connectivity index (χ0n) is 9.88. The molecule has 0 saturated heterocycles. The maximum Gasteiger partial charge on any atom is 0.305 e. The van der Waals surface area contributed by atoms with Crippen molar-refractivity contribution in [1.29, 1.82) is 0 Å². The van der Waals surface area contributed by atoms with Crippen molar-refractivity contribution in [1.82, 2.24) is 5.32 Å². The molecular formula is C13H11NO5. The smallest absolute Gasteiger partial charge is 0.305 e. The Morgan fingerprint density at radius 3 is 2.74 bits per heavy atom. The summed E-state index contributed by atoms with van der Waals surface area (Å²) in [4.78, 5) is 33.8. The van der Waals surface area contributed by atoms with Crippen LogP contribution in [0.15, 0.2) is 39.5 Å². The van der Waals surface area contributed by atoms with E-state index in [1.807, 2.05) is 0 Å². The van der Waals surface area contributed by atoms with E-state index in [-0.39, 0.29) is 24.2 Å². The first kappa shape index (κ1) is 12.8. The van der Waals surface area contributed by atoms with Crippen molar-refractivity contribution >= 4 is 22.8 Å². The number of aliphatic carboxylic acids is 1. The van der Waals surface area contributed by atoms with E-state index >= 15 is 0 Å². The molecule has 0 saturated carbocycles. The van der Waals surface area contributed by atoms with Crippen LogP contribution in [0.2, 0.25) is 0 Å². The Labute approximate surface area is 107 Å². The number of nitrogens with one attached hydrogen (secondary N) is 1. The van der Waals surface area contributed by atoms with Crippen molar-refractivity contribution in [2.45, 2.75) is 6.42 Å². The fourth-order valence-corrected chi connectivity index (χ4v) is 1.59. The van der Waals surface area contributed by atoms with Gasteiger partial charge in [-0.1, -0.05) is 12.1 Å². The van der Waals surface area contributed by atoms with E-state index in [9.17, 15) is 14.4 Å². The highest BCUT2D eigenvalue weighted by Gasteiger charge is 2.11. The van der Waals surface area contributed by atoms with Crippen LogP contribution in [0.25, 0.3) is 11.0 Å². The number of carboxylic acids is 1. The number of hydrogen-bond donors (Lipinski definition) is 2. The van der Waals surface area contributed by atoms with Crippen LogP contribution in [-0.4, -0.2) is 23.5 Å². The van der Waals surface area contributed by atoms with Crippen LogP contribution in [0, 0.1) is 0 Å². The van der Waals surface area contributed by atoms with E-state index in [1.165, 1.54) is 0 Å². The molecule has 0 spiro atoms.